The normalized spacial score (nSPS) is 13.3. The maximum atomic E-state index is 4.00. The van der Waals surface area contributed by atoms with Gasteiger partial charge in [0.15, 0.2) is 0 Å². The molecule has 1 aliphatic rings. The van der Waals surface area contributed by atoms with Gasteiger partial charge in [-0.15, -0.1) is 0 Å². The van der Waals surface area contributed by atoms with E-state index in [1.165, 1.54) is 41.5 Å². The molecule has 0 radical (unpaired) electrons. The van der Waals surface area contributed by atoms with Crippen LogP contribution < -0.4 is 0 Å². The molecule has 0 N–H and O–H groups in total. The molecule has 1 aliphatic carbocycles. The van der Waals surface area contributed by atoms with E-state index in [9.17, 15) is 0 Å². The van der Waals surface area contributed by atoms with E-state index >= 15 is 0 Å². The first kappa shape index (κ1) is 24.5. The van der Waals surface area contributed by atoms with Crippen molar-refractivity contribution < 1.29 is 0 Å². The van der Waals surface area contributed by atoms with Crippen molar-refractivity contribution in [2.75, 3.05) is 5.75 Å². The van der Waals surface area contributed by atoms with Crippen LogP contribution in [-0.4, -0.2) is 5.75 Å². The summed E-state index contributed by atoms with van der Waals surface area (Å²) >= 11 is 4.00. The van der Waals surface area contributed by atoms with Gasteiger partial charge in [0, 0.05) is 0 Å². The molecule has 0 bridgehead atoms. The van der Waals surface area contributed by atoms with Crippen molar-refractivity contribution in [2.45, 2.75) is 66.2 Å². The van der Waals surface area contributed by atoms with E-state index < -0.39 is 0 Å². The summed E-state index contributed by atoms with van der Waals surface area (Å²) in [6, 6.07) is 10.6. The number of allylic oxidation sites excluding steroid dienone is 7. The van der Waals surface area contributed by atoms with Crippen LogP contribution in [0.15, 0.2) is 72.4 Å². The highest BCUT2D eigenvalue weighted by molar-refractivity contribution is 7.80. The summed E-state index contributed by atoms with van der Waals surface area (Å²) in [5.74, 6) is 1.04. The van der Waals surface area contributed by atoms with Gasteiger partial charge in [-0.25, -0.2) is 0 Å². The lowest BCUT2D eigenvalue weighted by atomic mass is 9.92. The Bertz CT molecular complexity index is 559. The van der Waals surface area contributed by atoms with E-state index in [1.54, 1.807) is 0 Å². The molecule has 1 heteroatoms. The molecule has 0 amide bonds. The van der Waals surface area contributed by atoms with E-state index in [0.717, 1.165) is 25.0 Å². The van der Waals surface area contributed by atoms with E-state index in [-0.39, 0.29) is 0 Å². The Morgan fingerprint density at radius 3 is 2.35 bits per heavy atom. The van der Waals surface area contributed by atoms with Crippen molar-refractivity contribution >= 4 is 18.2 Å². The Hall–Kier alpha value is -1.47. The second kappa shape index (κ2) is 17.0. The molecule has 0 aliphatic heterocycles. The second-order valence-electron chi connectivity index (χ2n) is 5.98. The molecule has 0 unspecified atom stereocenters. The van der Waals surface area contributed by atoms with Crippen LogP contribution in [0, 0.1) is 0 Å². The predicted octanol–water partition coefficient (Wildman–Crippen LogP) is 8.45. The quantitative estimate of drug-likeness (QED) is 0.361. The molecule has 26 heavy (non-hydrogen) atoms. The Labute approximate surface area is 168 Å². The van der Waals surface area contributed by atoms with Gasteiger partial charge in [0.05, 0.1) is 0 Å². The van der Waals surface area contributed by atoms with Gasteiger partial charge in [-0.3, -0.25) is 0 Å². The number of hydrogen-bond acceptors (Lipinski definition) is 1. The lowest BCUT2D eigenvalue weighted by Crippen LogP contribution is -1.92. The van der Waals surface area contributed by atoms with Crippen molar-refractivity contribution in [1.29, 1.82) is 0 Å². The van der Waals surface area contributed by atoms with Crippen LogP contribution in [0.4, 0.5) is 0 Å². The van der Waals surface area contributed by atoms with Gasteiger partial charge in [-0.1, -0.05) is 106 Å². The number of benzene rings is 1. The predicted molar refractivity (Wildman–Crippen MR) is 125 cm³/mol. The first-order chi connectivity index (χ1) is 12.7. The zero-order valence-corrected chi connectivity index (χ0v) is 18.2. The molecule has 0 aromatic heterocycles. The minimum Gasteiger partial charge on any atom is -0.179 e. The Morgan fingerprint density at radius 1 is 1.15 bits per heavy atom. The number of unbranched alkanes of at least 4 members (excludes halogenated alkanes) is 1. The molecule has 1 aromatic rings. The average Bonchev–Trinajstić information content (AvgIpc) is 2.72. The van der Waals surface area contributed by atoms with Gasteiger partial charge < -0.3 is 0 Å². The highest BCUT2D eigenvalue weighted by Gasteiger charge is 2.06. The number of rotatable bonds is 7. The molecule has 0 atom stereocenters. The lowest BCUT2D eigenvalue weighted by Gasteiger charge is -2.13. The maximum absolute atomic E-state index is 4.00. The SMILES string of the molecule is C=C/C(=C\CC1=CC(c2ccccc2)=CCC1)CC.CC.CCCCS. The summed E-state index contributed by atoms with van der Waals surface area (Å²) in [7, 11) is 0. The van der Waals surface area contributed by atoms with Gasteiger partial charge in [0.1, 0.15) is 0 Å². The molecule has 1 aromatic carbocycles. The van der Waals surface area contributed by atoms with Crippen LogP contribution in [0.1, 0.15) is 71.8 Å². The van der Waals surface area contributed by atoms with Crippen molar-refractivity contribution in [3.8, 4) is 0 Å². The fraction of sp³-hybridized carbons (Fsp3) is 0.440. The minimum atomic E-state index is 1.04. The van der Waals surface area contributed by atoms with Gasteiger partial charge in [0.25, 0.3) is 0 Å². The fourth-order valence-electron chi connectivity index (χ4n) is 2.55. The molecule has 144 valence electrons. The number of thiol groups is 1. The van der Waals surface area contributed by atoms with E-state index in [0.29, 0.717) is 0 Å². The molecular weight excluding hydrogens is 332 g/mol. The first-order valence-electron chi connectivity index (χ1n) is 10.1. The summed E-state index contributed by atoms with van der Waals surface area (Å²) in [5, 5.41) is 0. The smallest absolute Gasteiger partial charge is 0.00980 e. The molecule has 0 fully saturated rings. The van der Waals surface area contributed by atoms with Crippen LogP contribution in [0.3, 0.4) is 0 Å². The summed E-state index contributed by atoms with van der Waals surface area (Å²) < 4.78 is 0. The average molecular weight is 371 g/mol. The van der Waals surface area contributed by atoms with Crippen LogP contribution >= 0.6 is 12.6 Å². The summed E-state index contributed by atoms with van der Waals surface area (Å²) in [6.07, 6.45) is 16.0. The third kappa shape index (κ3) is 10.5. The fourth-order valence-corrected chi connectivity index (χ4v) is 2.87. The molecule has 0 nitrogen and oxygen atoms in total. The molecule has 0 spiro atoms. The van der Waals surface area contributed by atoms with Crippen molar-refractivity contribution in [1.82, 2.24) is 0 Å². The first-order valence-corrected chi connectivity index (χ1v) is 10.8. The highest BCUT2D eigenvalue weighted by Crippen LogP contribution is 2.27. The third-order valence-corrected chi connectivity index (χ3v) is 4.42. The lowest BCUT2D eigenvalue weighted by molar-refractivity contribution is 0.899. The molecule has 0 saturated heterocycles. The Balaban J connectivity index is 0.000000772. The molecule has 2 rings (SSSR count). The van der Waals surface area contributed by atoms with E-state index in [2.05, 4.69) is 81.6 Å². The van der Waals surface area contributed by atoms with Crippen LogP contribution in [0.5, 0.6) is 0 Å². The summed E-state index contributed by atoms with van der Waals surface area (Å²) in [6.45, 7) is 12.2. The largest absolute Gasteiger partial charge is 0.179 e. The Kier molecular flexibility index (Phi) is 16.0. The van der Waals surface area contributed by atoms with Crippen LogP contribution in [0.25, 0.3) is 5.57 Å². The van der Waals surface area contributed by atoms with Gasteiger partial charge in [0.2, 0.25) is 0 Å². The summed E-state index contributed by atoms with van der Waals surface area (Å²) in [4.78, 5) is 0. The topological polar surface area (TPSA) is 0 Å². The van der Waals surface area contributed by atoms with Crippen LogP contribution in [0.2, 0.25) is 0 Å². The standard InChI is InChI=1S/C19H22.C4H10S.C2H6/c1-3-16(4-2)13-14-17-9-8-12-19(15-17)18-10-6-5-7-11-18;1-2-3-4-5;1-2/h3,5-7,10-13,15H,1,4,8-9,14H2,2H3;5H,2-4H2,1H3;1-2H3/b16-13+;;. The van der Waals surface area contributed by atoms with Gasteiger partial charge in [-0.2, -0.15) is 12.6 Å². The van der Waals surface area contributed by atoms with Crippen molar-refractivity contribution in [3.05, 3.63) is 77.9 Å². The van der Waals surface area contributed by atoms with Gasteiger partial charge >= 0.3 is 0 Å². The molecular formula is C25H38S. The Morgan fingerprint density at radius 2 is 1.85 bits per heavy atom. The molecule has 0 saturated carbocycles. The summed E-state index contributed by atoms with van der Waals surface area (Å²) in [5.41, 5.74) is 5.56. The van der Waals surface area contributed by atoms with Crippen molar-refractivity contribution in [2.24, 2.45) is 0 Å². The third-order valence-electron chi connectivity index (χ3n) is 4.10. The number of hydrogen-bond donors (Lipinski definition) is 1. The van der Waals surface area contributed by atoms with Gasteiger partial charge in [-0.05, 0) is 49.0 Å². The minimum absolute atomic E-state index is 1.04. The maximum Gasteiger partial charge on any atom is -0.00980 e. The van der Waals surface area contributed by atoms with Crippen molar-refractivity contribution in [3.63, 3.8) is 0 Å². The van der Waals surface area contributed by atoms with E-state index in [4.69, 9.17) is 0 Å². The zero-order valence-electron chi connectivity index (χ0n) is 17.3. The molecule has 0 heterocycles. The van der Waals surface area contributed by atoms with Crippen LogP contribution in [-0.2, 0) is 0 Å². The monoisotopic (exact) mass is 370 g/mol. The highest BCUT2D eigenvalue weighted by atomic mass is 32.1. The van der Waals surface area contributed by atoms with E-state index in [1.807, 2.05) is 19.9 Å². The zero-order chi connectivity index (χ0) is 19.6. The second-order valence-corrected chi connectivity index (χ2v) is 6.43.